The second-order valence-corrected chi connectivity index (χ2v) is 7.68. The SMILES string of the molecule is CC(C)(C)OC(=O)CNC(=O)c1c(N)c2cccc(-c3ccc(O)cc3)c2oc1=O. The van der Waals surface area contributed by atoms with Crippen molar-refractivity contribution in [1.29, 1.82) is 0 Å². The maximum absolute atomic E-state index is 12.5. The smallest absolute Gasteiger partial charge is 0.351 e. The summed E-state index contributed by atoms with van der Waals surface area (Å²) < 4.78 is 10.5. The first kappa shape index (κ1) is 20.9. The highest BCUT2D eigenvalue weighted by atomic mass is 16.6. The Balaban J connectivity index is 1.96. The van der Waals surface area contributed by atoms with Gasteiger partial charge in [0.2, 0.25) is 0 Å². The van der Waals surface area contributed by atoms with Crippen LogP contribution in [0.3, 0.4) is 0 Å². The molecule has 0 radical (unpaired) electrons. The van der Waals surface area contributed by atoms with Gasteiger partial charge in [0.25, 0.3) is 5.91 Å². The van der Waals surface area contributed by atoms with Gasteiger partial charge in [0.15, 0.2) is 0 Å². The number of ether oxygens (including phenoxy) is 1. The summed E-state index contributed by atoms with van der Waals surface area (Å²) in [5.41, 5.74) is 5.56. The van der Waals surface area contributed by atoms with Crippen LogP contribution in [0.25, 0.3) is 22.1 Å². The molecule has 8 nitrogen and oxygen atoms in total. The molecule has 2 aromatic carbocycles. The first-order valence-electron chi connectivity index (χ1n) is 9.21. The Morgan fingerprint density at radius 1 is 1.13 bits per heavy atom. The van der Waals surface area contributed by atoms with Gasteiger partial charge in [-0.3, -0.25) is 9.59 Å². The van der Waals surface area contributed by atoms with E-state index in [-0.39, 0.29) is 22.6 Å². The number of phenolic OH excluding ortho intramolecular Hbond substituents is 1. The summed E-state index contributed by atoms with van der Waals surface area (Å²) in [4.78, 5) is 36.9. The molecule has 30 heavy (non-hydrogen) atoms. The topological polar surface area (TPSA) is 132 Å². The number of anilines is 1. The summed E-state index contributed by atoms with van der Waals surface area (Å²) in [6.45, 7) is 4.69. The fourth-order valence-corrected chi connectivity index (χ4v) is 2.95. The summed E-state index contributed by atoms with van der Waals surface area (Å²) in [5.74, 6) is -1.37. The lowest BCUT2D eigenvalue weighted by Gasteiger charge is -2.19. The zero-order valence-corrected chi connectivity index (χ0v) is 16.8. The fraction of sp³-hybridized carbons (Fsp3) is 0.227. The van der Waals surface area contributed by atoms with Gasteiger partial charge in [-0.1, -0.05) is 24.3 Å². The minimum absolute atomic E-state index is 0.0523. The molecule has 0 fully saturated rings. The van der Waals surface area contributed by atoms with Gasteiger partial charge in [-0.05, 0) is 44.5 Å². The molecular weight excluding hydrogens is 388 g/mol. The van der Waals surface area contributed by atoms with Gasteiger partial charge in [0.1, 0.15) is 29.0 Å². The molecule has 0 atom stereocenters. The normalized spacial score (nSPS) is 11.3. The highest BCUT2D eigenvalue weighted by Crippen LogP contribution is 2.32. The lowest BCUT2D eigenvalue weighted by Crippen LogP contribution is -2.36. The van der Waals surface area contributed by atoms with Crippen molar-refractivity contribution in [3.63, 3.8) is 0 Å². The third kappa shape index (κ3) is 4.43. The van der Waals surface area contributed by atoms with Crippen LogP contribution in [-0.2, 0) is 9.53 Å². The van der Waals surface area contributed by atoms with Crippen molar-refractivity contribution < 1.29 is 23.8 Å². The Morgan fingerprint density at radius 2 is 1.80 bits per heavy atom. The summed E-state index contributed by atoms with van der Waals surface area (Å²) in [6, 6.07) is 11.4. The van der Waals surface area contributed by atoms with Crippen molar-refractivity contribution in [2.45, 2.75) is 26.4 Å². The minimum Gasteiger partial charge on any atom is -0.508 e. The van der Waals surface area contributed by atoms with Gasteiger partial charge < -0.3 is 25.3 Å². The first-order valence-corrected chi connectivity index (χ1v) is 9.21. The lowest BCUT2D eigenvalue weighted by atomic mass is 10.0. The van der Waals surface area contributed by atoms with E-state index >= 15 is 0 Å². The van der Waals surface area contributed by atoms with Gasteiger partial charge >= 0.3 is 11.6 Å². The number of nitrogens with two attached hydrogens (primary N) is 1. The Hall–Kier alpha value is -3.81. The number of carbonyl (C=O) groups is 2. The third-order valence-corrected chi connectivity index (χ3v) is 4.19. The number of esters is 1. The van der Waals surface area contributed by atoms with Gasteiger partial charge in [-0.2, -0.15) is 0 Å². The molecule has 1 aromatic heterocycles. The Morgan fingerprint density at radius 3 is 2.43 bits per heavy atom. The van der Waals surface area contributed by atoms with E-state index in [0.717, 1.165) is 0 Å². The zero-order chi connectivity index (χ0) is 22.1. The molecule has 3 rings (SSSR count). The number of fused-ring (bicyclic) bond motifs is 1. The van der Waals surface area contributed by atoms with Crippen molar-refractivity contribution in [1.82, 2.24) is 5.32 Å². The van der Waals surface area contributed by atoms with Crippen LogP contribution >= 0.6 is 0 Å². The minimum atomic E-state index is -0.923. The molecule has 0 saturated carbocycles. The summed E-state index contributed by atoms with van der Waals surface area (Å²) >= 11 is 0. The predicted octanol–water partition coefficient (Wildman–Crippen LogP) is 2.82. The number of nitrogen functional groups attached to an aromatic ring is 1. The molecule has 156 valence electrons. The third-order valence-electron chi connectivity index (χ3n) is 4.19. The molecule has 0 saturated heterocycles. The standard InChI is InChI=1S/C22H22N2O6/c1-22(2,3)30-16(26)11-24-20(27)17-18(23)15-6-4-5-14(19(15)29-21(17)28)12-7-9-13(25)10-8-12/h4-10,25H,11,23H2,1-3H3,(H,24,27). The molecule has 1 amide bonds. The van der Waals surface area contributed by atoms with Crippen molar-refractivity contribution in [2.75, 3.05) is 12.3 Å². The van der Waals surface area contributed by atoms with E-state index in [1.165, 1.54) is 12.1 Å². The van der Waals surface area contributed by atoms with Crippen LogP contribution < -0.4 is 16.7 Å². The van der Waals surface area contributed by atoms with E-state index in [2.05, 4.69) is 5.32 Å². The highest BCUT2D eigenvalue weighted by Gasteiger charge is 2.23. The quantitative estimate of drug-likeness (QED) is 0.445. The average molecular weight is 410 g/mol. The maximum Gasteiger partial charge on any atom is 0.351 e. The van der Waals surface area contributed by atoms with Crippen LogP contribution in [0.4, 0.5) is 5.69 Å². The number of rotatable bonds is 4. The van der Waals surface area contributed by atoms with Crippen molar-refractivity contribution in [3.05, 3.63) is 58.4 Å². The molecule has 1 heterocycles. The van der Waals surface area contributed by atoms with Gasteiger partial charge in [-0.15, -0.1) is 0 Å². The molecule has 3 aromatic rings. The number of nitrogens with one attached hydrogen (secondary N) is 1. The van der Waals surface area contributed by atoms with Crippen molar-refractivity contribution >= 4 is 28.5 Å². The molecular formula is C22H22N2O6. The molecule has 8 heteroatoms. The monoisotopic (exact) mass is 410 g/mol. The van der Waals surface area contributed by atoms with Crippen LogP contribution in [0.1, 0.15) is 31.1 Å². The van der Waals surface area contributed by atoms with E-state index < -0.39 is 29.6 Å². The van der Waals surface area contributed by atoms with E-state index in [4.69, 9.17) is 14.9 Å². The lowest BCUT2D eigenvalue weighted by molar-refractivity contribution is -0.153. The zero-order valence-electron chi connectivity index (χ0n) is 16.8. The summed E-state index contributed by atoms with van der Waals surface area (Å²) in [7, 11) is 0. The van der Waals surface area contributed by atoms with Crippen molar-refractivity contribution in [3.8, 4) is 16.9 Å². The highest BCUT2D eigenvalue weighted by molar-refractivity contribution is 6.08. The van der Waals surface area contributed by atoms with Crippen LogP contribution in [0.15, 0.2) is 51.7 Å². The Labute approximate surface area is 172 Å². The maximum atomic E-state index is 12.5. The van der Waals surface area contributed by atoms with E-state index in [0.29, 0.717) is 16.5 Å². The van der Waals surface area contributed by atoms with E-state index in [9.17, 15) is 19.5 Å². The van der Waals surface area contributed by atoms with Crippen LogP contribution in [0.5, 0.6) is 5.75 Å². The number of benzene rings is 2. The Bertz CT molecular complexity index is 1170. The van der Waals surface area contributed by atoms with E-state index in [1.54, 1.807) is 51.1 Å². The number of amides is 1. The molecule has 0 aliphatic carbocycles. The number of carbonyl (C=O) groups excluding carboxylic acids is 2. The van der Waals surface area contributed by atoms with Crippen LogP contribution in [-0.4, -0.2) is 29.1 Å². The molecule has 4 N–H and O–H groups in total. The van der Waals surface area contributed by atoms with Crippen LogP contribution in [0.2, 0.25) is 0 Å². The molecule has 0 aliphatic rings. The number of aromatic hydroxyl groups is 1. The van der Waals surface area contributed by atoms with Gasteiger partial charge in [-0.25, -0.2) is 4.79 Å². The predicted molar refractivity (Wildman–Crippen MR) is 112 cm³/mol. The molecule has 0 bridgehead atoms. The number of hydrogen-bond acceptors (Lipinski definition) is 7. The second-order valence-electron chi connectivity index (χ2n) is 7.68. The molecule has 0 spiro atoms. The second kappa shape index (κ2) is 7.90. The van der Waals surface area contributed by atoms with Gasteiger partial charge in [0, 0.05) is 10.9 Å². The fourth-order valence-electron chi connectivity index (χ4n) is 2.95. The number of phenols is 1. The first-order chi connectivity index (χ1) is 14.1. The van der Waals surface area contributed by atoms with Gasteiger partial charge in [0.05, 0.1) is 5.69 Å². The Kier molecular flexibility index (Phi) is 5.51. The average Bonchev–Trinajstić information content (AvgIpc) is 2.65. The van der Waals surface area contributed by atoms with Crippen LogP contribution in [0, 0.1) is 0 Å². The summed E-state index contributed by atoms with van der Waals surface area (Å²) in [5, 5.41) is 12.2. The molecule has 0 unspecified atom stereocenters. The van der Waals surface area contributed by atoms with Crippen molar-refractivity contribution in [2.24, 2.45) is 0 Å². The molecule has 0 aliphatic heterocycles. The largest absolute Gasteiger partial charge is 0.508 e. The number of hydrogen-bond donors (Lipinski definition) is 3. The summed E-state index contributed by atoms with van der Waals surface area (Å²) in [6.07, 6.45) is 0. The van der Waals surface area contributed by atoms with E-state index in [1.807, 2.05) is 0 Å². The number of para-hydroxylation sites is 1.